The third-order valence-corrected chi connectivity index (χ3v) is 9.38. The van der Waals surface area contributed by atoms with Gasteiger partial charge in [-0.05, 0) is 73.1 Å². The Morgan fingerprint density at radius 1 is 1.00 bits per heavy atom. The number of carboxylic acids is 1. The van der Waals surface area contributed by atoms with Crippen molar-refractivity contribution in [3.05, 3.63) is 65.7 Å². The number of nitrogens with zero attached hydrogens (tertiary/aromatic N) is 2. The number of benzene rings is 2. The zero-order chi connectivity index (χ0) is 30.2. The molecule has 1 spiro atoms. The fourth-order valence-corrected chi connectivity index (χ4v) is 6.88. The number of unbranched alkanes of at least 4 members (excludes halogenated alkanes) is 1. The molecule has 0 unspecified atom stereocenters. The van der Waals surface area contributed by atoms with Crippen LogP contribution in [0.3, 0.4) is 0 Å². The maximum Gasteiger partial charge on any atom is 0.328 e. The number of nitrogens with one attached hydrogen (secondary N) is 1. The van der Waals surface area contributed by atoms with Gasteiger partial charge in [0.1, 0.15) is 23.1 Å². The summed E-state index contributed by atoms with van der Waals surface area (Å²) in [6.07, 6.45) is 12.7. The van der Waals surface area contributed by atoms with Gasteiger partial charge in [-0.3, -0.25) is 14.5 Å². The maximum absolute atomic E-state index is 13.8. The summed E-state index contributed by atoms with van der Waals surface area (Å²) in [5, 5.41) is 12.0. The number of aliphatic carboxylic acids is 1. The Morgan fingerprint density at radius 2 is 1.64 bits per heavy atom. The van der Waals surface area contributed by atoms with Crippen LogP contribution in [0.1, 0.15) is 82.3 Å². The van der Waals surface area contributed by atoms with Gasteiger partial charge in [0, 0.05) is 32.3 Å². The van der Waals surface area contributed by atoms with Gasteiger partial charge in [0.2, 0.25) is 11.8 Å². The van der Waals surface area contributed by atoms with Crippen LogP contribution in [-0.4, -0.2) is 63.9 Å². The first kappa shape index (κ1) is 33.5. The molecule has 2 N–H and O–H groups in total. The number of hydrogen-bond donors (Lipinski definition) is 2. The zero-order valence-corrected chi connectivity index (χ0v) is 26.5. The van der Waals surface area contributed by atoms with E-state index in [-0.39, 0.29) is 30.3 Å². The molecule has 2 aromatic rings. The van der Waals surface area contributed by atoms with E-state index in [4.69, 9.17) is 9.84 Å². The standard InChI is InChI=1S/C35H45N3O5.ClH/c1-2-3-21-38-33(41)31(24-27-7-5-4-6-8-27)36-34(42)35(38)19-22-37(23-20-35)25-28-11-16-30(17-12-28)43-29-14-9-26(10-15-29)13-18-32(39)40;/h9-18,27,31H,2-8,19-25H2,1H3,(H,36,42)(H,39,40);1H/b18-13+;/t31-;/m0./s1. The minimum Gasteiger partial charge on any atom is -0.478 e. The van der Waals surface area contributed by atoms with Crippen LogP contribution < -0.4 is 10.1 Å². The molecule has 1 atom stereocenters. The Bertz CT molecular complexity index is 1280. The Labute approximate surface area is 267 Å². The van der Waals surface area contributed by atoms with E-state index < -0.39 is 11.5 Å². The van der Waals surface area contributed by atoms with Gasteiger partial charge in [-0.25, -0.2) is 4.79 Å². The molecule has 2 saturated heterocycles. The number of rotatable bonds is 11. The fourth-order valence-electron chi connectivity index (χ4n) is 6.88. The number of piperazine rings is 1. The minimum atomic E-state index is -0.980. The maximum atomic E-state index is 13.8. The molecule has 3 aliphatic rings. The predicted octanol–water partition coefficient (Wildman–Crippen LogP) is 6.43. The first-order valence-corrected chi connectivity index (χ1v) is 16.0. The summed E-state index contributed by atoms with van der Waals surface area (Å²) >= 11 is 0. The van der Waals surface area contributed by atoms with Gasteiger partial charge < -0.3 is 20.1 Å². The van der Waals surface area contributed by atoms with Gasteiger partial charge in [0.05, 0.1) is 0 Å². The van der Waals surface area contributed by atoms with Gasteiger partial charge in [-0.15, -0.1) is 12.4 Å². The summed E-state index contributed by atoms with van der Waals surface area (Å²) in [5.74, 6) is 1.14. The molecule has 0 bridgehead atoms. The number of amides is 2. The average molecular weight is 624 g/mol. The molecular formula is C35H46ClN3O5. The van der Waals surface area contributed by atoms with Crippen LogP contribution in [-0.2, 0) is 20.9 Å². The first-order chi connectivity index (χ1) is 20.9. The minimum absolute atomic E-state index is 0. The van der Waals surface area contributed by atoms with E-state index in [0.29, 0.717) is 31.1 Å². The van der Waals surface area contributed by atoms with E-state index in [1.807, 2.05) is 41.3 Å². The van der Waals surface area contributed by atoms with E-state index in [0.717, 1.165) is 61.8 Å². The van der Waals surface area contributed by atoms with Crippen molar-refractivity contribution in [1.29, 1.82) is 0 Å². The molecule has 9 heteroatoms. The van der Waals surface area contributed by atoms with Crippen molar-refractivity contribution < 1.29 is 24.2 Å². The molecule has 2 aliphatic heterocycles. The number of carboxylic acid groups (broad SMARTS) is 1. The van der Waals surface area contributed by atoms with E-state index in [2.05, 4.69) is 29.3 Å². The highest BCUT2D eigenvalue weighted by Gasteiger charge is 2.53. The second kappa shape index (κ2) is 15.6. The van der Waals surface area contributed by atoms with E-state index >= 15 is 0 Å². The van der Waals surface area contributed by atoms with Crippen LogP contribution in [0.5, 0.6) is 11.5 Å². The number of carbonyl (C=O) groups excluding carboxylic acids is 2. The normalized spacial score (nSPS) is 20.8. The molecule has 1 aliphatic carbocycles. The Balaban J connectivity index is 0.00000442. The topological polar surface area (TPSA) is 99.2 Å². The smallest absolute Gasteiger partial charge is 0.328 e. The largest absolute Gasteiger partial charge is 0.478 e. The number of piperidine rings is 1. The van der Waals surface area contributed by atoms with Gasteiger partial charge in [-0.2, -0.15) is 0 Å². The summed E-state index contributed by atoms with van der Waals surface area (Å²) in [6, 6.07) is 14.9. The van der Waals surface area contributed by atoms with Crippen LogP contribution in [0, 0.1) is 5.92 Å². The Kier molecular flexibility index (Phi) is 11.9. The van der Waals surface area contributed by atoms with Crippen molar-refractivity contribution in [2.24, 2.45) is 5.92 Å². The van der Waals surface area contributed by atoms with Crippen LogP contribution in [0.25, 0.3) is 6.08 Å². The number of halogens is 1. The highest BCUT2D eigenvalue weighted by molar-refractivity contribution is 6.00. The molecule has 238 valence electrons. The SMILES string of the molecule is CCCCN1C(=O)[C@H](CC2CCCCC2)NC(=O)C12CCN(Cc1ccc(Oc3ccc(/C=C/C(=O)O)cc3)cc1)CC2.Cl. The van der Waals surface area contributed by atoms with E-state index in [1.54, 1.807) is 6.08 Å². The average Bonchev–Trinajstić information content (AvgIpc) is 3.02. The molecule has 0 radical (unpaired) electrons. The molecule has 2 aromatic carbocycles. The highest BCUT2D eigenvalue weighted by Crippen LogP contribution is 2.36. The molecule has 1 saturated carbocycles. The van der Waals surface area contributed by atoms with Crippen molar-refractivity contribution in [3.8, 4) is 11.5 Å². The van der Waals surface area contributed by atoms with Crippen LogP contribution in [0.4, 0.5) is 0 Å². The van der Waals surface area contributed by atoms with Crippen molar-refractivity contribution in [3.63, 3.8) is 0 Å². The Morgan fingerprint density at radius 3 is 2.25 bits per heavy atom. The van der Waals surface area contributed by atoms with Crippen molar-refractivity contribution in [1.82, 2.24) is 15.1 Å². The molecule has 5 rings (SSSR count). The molecular weight excluding hydrogens is 578 g/mol. The third kappa shape index (κ3) is 8.21. The van der Waals surface area contributed by atoms with E-state index in [1.165, 1.54) is 32.1 Å². The van der Waals surface area contributed by atoms with Gasteiger partial charge >= 0.3 is 5.97 Å². The number of likely N-dealkylation sites (tertiary alicyclic amines) is 1. The summed E-state index contributed by atoms with van der Waals surface area (Å²) in [5.41, 5.74) is 1.22. The monoisotopic (exact) mass is 623 g/mol. The lowest BCUT2D eigenvalue weighted by Gasteiger charge is -2.52. The summed E-state index contributed by atoms with van der Waals surface area (Å²) in [6.45, 7) is 5.09. The van der Waals surface area contributed by atoms with Crippen molar-refractivity contribution >= 4 is 36.3 Å². The second-order valence-corrected chi connectivity index (χ2v) is 12.4. The lowest BCUT2D eigenvalue weighted by atomic mass is 9.79. The number of hydrogen-bond acceptors (Lipinski definition) is 5. The van der Waals surface area contributed by atoms with Crippen LogP contribution >= 0.6 is 12.4 Å². The second-order valence-electron chi connectivity index (χ2n) is 12.4. The Hall–Kier alpha value is -3.36. The fraction of sp³-hybridized carbons (Fsp3) is 0.514. The van der Waals surface area contributed by atoms with Crippen molar-refractivity contribution in [2.45, 2.75) is 89.3 Å². The number of carbonyl (C=O) groups is 3. The van der Waals surface area contributed by atoms with E-state index in [9.17, 15) is 14.4 Å². The lowest BCUT2D eigenvalue weighted by molar-refractivity contribution is -0.162. The first-order valence-electron chi connectivity index (χ1n) is 16.0. The lowest BCUT2D eigenvalue weighted by Crippen LogP contribution is -2.73. The van der Waals surface area contributed by atoms with Gasteiger partial charge in [0.15, 0.2) is 0 Å². The van der Waals surface area contributed by atoms with Crippen LogP contribution in [0.2, 0.25) is 0 Å². The summed E-state index contributed by atoms with van der Waals surface area (Å²) < 4.78 is 5.97. The quantitative estimate of drug-likeness (QED) is 0.280. The zero-order valence-electron chi connectivity index (χ0n) is 25.7. The van der Waals surface area contributed by atoms with Gasteiger partial charge in [-0.1, -0.05) is 69.7 Å². The summed E-state index contributed by atoms with van der Waals surface area (Å²) in [7, 11) is 0. The molecule has 3 fully saturated rings. The summed E-state index contributed by atoms with van der Waals surface area (Å²) in [4.78, 5) is 42.5. The highest BCUT2D eigenvalue weighted by atomic mass is 35.5. The predicted molar refractivity (Wildman–Crippen MR) is 174 cm³/mol. The number of ether oxygens (including phenoxy) is 1. The molecule has 44 heavy (non-hydrogen) atoms. The van der Waals surface area contributed by atoms with Gasteiger partial charge in [0.25, 0.3) is 0 Å². The molecule has 2 heterocycles. The third-order valence-electron chi connectivity index (χ3n) is 9.38. The van der Waals surface area contributed by atoms with Crippen LogP contribution in [0.15, 0.2) is 54.6 Å². The molecule has 8 nitrogen and oxygen atoms in total. The molecule has 2 amide bonds. The van der Waals surface area contributed by atoms with Crippen molar-refractivity contribution in [2.75, 3.05) is 19.6 Å². The molecule has 0 aromatic heterocycles.